The third-order valence-electron chi connectivity index (χ3n) is 4.74. The average Bonchev–Trinajstić information content (AvgIpc) is 2.86. The molecule has 1 aliphatic heterocycles. The van der Waals surface area contributed by atoms with Crippen LogP contribution in [0.1, 0.15) is 45.4 Å². The number of carbonyl (C=O) groups excluding carboxylic acids is 1. The van der Waals surface area contributed by atoms with Crippen LogP contribution in [0.3, 0.4) is 0 Å². The van der Waals surface area contributed by atoms with Gasteiger partial charge < -0.3 is 15.3 Å². The van der Waals surface area contributed by atoms with E-state index >= 15 is 0 Å². The molecule has 1 saturated heterocycles. The van der Waals surface area contributed by atoms with E-state index in [1.807, 2.05) is 4.90 Å². The van der Waals surface area contributed by atoms with Crippen LogP contribution in [0, 0.1) is 11.3 Å². The predicted octanol–water partition coefficient (Wildman–Crippen LogP) is 1.48. The molecule has 1 amide bonds. The molecule has 2 rings (SSSR count). The second kappa shape index (κ2) is 6.57. The van der Waals surface area contributed by atoms with E-state index in [9.17, 15) is 9.59 Å². The van der Waals surface area contributed by atoms with Crippen molar-refractivity contribution >= 4 is 11.9 Å². The van der Waals surface area contributed by atoms with Crippen molar-refractivity contribution in [3.63, 3.8) is 0 Å². The number of likely N-dealkylation sites (tertiary alicyclic amines) is 1. The van der Waals surface area contributed by atoms with Gasteiger partial charge in [0.15, 0.2) is 0 Å². The molecule has 1 saturated carbocycles. The summed E-state index contributed by atoms with van der Waals surface area (Å²) in [7, 11) is 0. The topological polar surface area (TPSA) is 69.6 Å². The Morgan fingerprint density at radius 1 is 1.30 bits per heavy atom. The zero-order valence-corrected chi connectivity index (χ0v) is 12.4. The predicted molar refractivity (Wildman–Crippen MR) is 76.4 cm³/mol. The normalized spacial score (nSPS) is 25.6. The van der Waals surface area contributed by atoms with Crippen molar-refractivity contribution < 1.29 is 14.7 Å². The highest BCUT2D eigenvalue weighted by Gasteiger charge is 2.40. The highest BCUT2D eigenvalue weighted by atomic mass is 16.4. The Bertz CT molecular complexity index is 364. The van der Waals surface area contributed by atoms with Crippen LogP contribution in [0.2, 0.25) is 0 Å². The van der Waals surface area contributed by atoms with Crippen LogP contribution >= 0.6 is 0 Å². The first-order valence-electron chi connectivity index (χ1n) is 7.73. The van der Waals surface area contributed by atoms with Crippen LogP contribution in [0.25, 0.3) is 0 Å². The molecular weight excluding hydrogens is 256 g/mol. The summed E-state index contributed by atoms with van der Waals surface area (Å²) in [6, 6.07) is 0. The molecule has 2 N–H and O–H groups in total. The van der Waals surface area contributed by atoms with Crippen molar-refractivity contribution in [1.82, 2.24) is 10.2 Å². The fourth-order valence-corrected chi connectivity index (χ4v) is 3.55. The summed E-state index contributed by atoms with van der Waals surface area (Å²) in [6.45, 7) is 4.44. The van der Waals surface area contributed by atoms with Crippen LogP contribution in [0.5, 0.6) is 0 Å². The minimum absolute atomic E-state index is 0.00214. The van der Waals surface area contributed by atoms with Crippen molar-refractivity contribution in [3.8, 4) is 0 Å². The Balaban J connectivity index is 1.83. The van der Waals surface area contributed by atoms with Gasteiger partial charge in [-0.2, -0.15) is 0 Å². The van der Waals surface area contributed by atoms with Gasteiger partial charge >= 0.3 is 5.97 Å². The van der Waals surface area contributed by atoms with Gasteiger partial charge in [0.25, 0.3) is 0 Å². The Kier molecular flexibility index (Phi) is 5.02. The average molecular weight is 282 g/mol. The lowest BCUT2D eigenvalue weighted by Crippen LogP contribution is -2.48. The molecule has 5 heteroatoms. The van der Waals surface area contributed by atoms with Gasteiger partial charge in [-0.1, -0.05) is 19.8 Å². The lowest BCUT2D eigenvalue weighted by molar-refractivity contribution is -0.143. The van der Waals surface area contributed by atoms with Crippen molar-refractivity contribution in [3.05, 3.63) is 0 Å². The number of hydrogen-bond donors (Lipinski definition) is 2. The second-order valence-electron chi connectivity index (χ2n) is 6.55. The fourth-order valence-electron chi connectivity index (χ4n) is 3.55. The number of rotatable bonds is 5. The number of aliphatic carboxylic acids is 1. The SMILES string of the molecule is CC1(C(=O)N2CCCC(CNCC(=O)O)C2)CCCC1. The van der Waals surface area contributed by atoms with E-state index in [4.69, 9.17) is 5.11 Å². The highest BCUT2D eigenvalue weighted by molar-refractivity contribution is 5.82. The number of amides is 1. The molecule has 0 bridgehead atoms. The van der Waals surface area contributed by atoms with Crippen molar-refractivity contribution in [2.24, 2.45) is 11.3 Å². The first kappa shape index (κ1) is 15.3. The van der Waals surface area contributed by atoms with Crippen LogP contribution in [0.4, 0.5) is 0 Å². The van der Waals surface area contributed by atoms with Crippen molar-refractivity contribution in [2.45, 2.75) is 45.4 Å². The number of hydrogen-bond acceptors (Lipinski definition) is 3. The largest absolute Gasteiger partial charge is 0.480 e. The summed E-state index contributed by atoms with van der Waals surface area (Å²) in [5.41, 5.74) is -0.142. The molecule has 1 unspecified atom stereocenters. The molecule has 20 heavy (non-hydrogen) atoms. The van der Waals surface area contributed by atoms with Gasteiger partial charge in [0.1, 0.15) is 0 Å². The Hall–Kier alpha value is -1.10. The molecule has 1 heterocycles. The van der Waals surface area contributed by atoms with E-state index in [0.29, 0.717) is 18.4 Å². The van der Waals surface area contributed by atoms with Gasteiger partial charge in [-0.3, -0.25) is 9.59 Å². The number of nitrogens with zero attached hydrogens (tertiary/aromatic N) is 1. The number of carboxylic acids is 1. The molecule has 0 aromatic rings. The van der Waals surface area contributed by atoms with Crippen LogP contribution in [0.15, 0.2) is 0 Å². The second-order valence-corrected chi connectivity index (χ2v) is 6.55. The van der Waals surface area contributed by atoms with Gasteiger partial charge in [0.05, 0.1) is 6.54 Å². The fraction of sp³-hybridized carbons (Fsp3) is 0.867. The Morgan fingerprint density at radius 3 is 2.65 bits per heavy atom. The molecule has 0 radical (unpaired) electrons. The number of carbonyl (C=O) groups is 2. The monoisotopic (exact) mass is 282 g/mol. The molecule has 114 valence electrons. The van der Waals surface area contributed by atoms with E-state index in [0.717, 1.165) is 38.8 Å². The van der Waals surface area contributed by atoms with Crippen molar-refractivity contribution in [2.75, 3.05) is 26.2 Å². The maximum Gasteiger partial charge on any atom is 0.317 e. The van der Waals surface area contributed by atoms with Gasteiger partial charge in [0, 0.05) is 25.0 Å². The molecule has 1 aliphatic carbocycles. The Labute approximate surface area is 120 Å². The third-order valence-corrected chi connectivity index (χ3v) is 4.74. The van der Waals surface area contributed by atoms with E-state index in [1.54, 1.807) is 0 Å². The van der Waals surface area contributed by atoms with Crippen molar-refractivity contribution in [1.29, 1.82) is 0 Å². The molecule has 5 nitrogen and oxygen atoms in total. The quantitative estimate of drug-likeness (QED) is 0.801. The molecule has 0 aromatic carbocycles. The Morgan fingerprint density at radius 2 is 2.00 bits per heavy atom. The van der Waals surface area contributed by atoms with Crippen LogP contribution in [-0.2, 0) is 9.59 Å². The first-order valence-corrected chi connectivity index (χ1v) is 7.73. The number of nitrogens with one attached hydrogen (secondary N) is 1. The van der Waals surface area contributed by atoms with Gasteiger partial charge in [0.2, 0.25) is 5.91 Å². The molecule has 2 aliphatic rings. The molecule has 2 fully saturated rings. The lowest BCUT2D eigenvalue weighted by atomic mass is 9.85. The number of piperidine rings is 1. The third kappa shape index (κ3) is 3.72. The van der Waals surface area contributed by atoms with Gasteiger partial charge in [-0.25, -0.2) is 0 Å². The summed E-state index contributed by atoms with van der Waals surface area (Å²) in [4.78, 5) is 25.2. The van der Waals surface area contributed by atoms with Crippen LogP contribution in [-0.4, -0.2) is 48.1 Å². The summed E-state index contributed by atoms with van der Waals surface area (Å²) >= 11 is 0. The van der Waals surface area contributed by atoms with E-state index < -0.39 is 5.97 Å². The first-order chi connectivity index (χ1) is 9.51. The zero-order valence-electron chi connectivity index (χ0n) is 12.4. The van der Waals surface area contributed by atoms with E-state index in [-0.39, 0.29) is 12.0 Å². The zero-order chi connectivity index (χ0) is 14.6. The molecule has 0 spiro atoms. The maximum absolute atomic E-state index is 12.7. The summed E-state index contributed by atoms with van der Waals surface area (Å²) in [6.07, 6.45) is 6.47. The van der Waals surface area contributed by atoms with E-state index in [2.05, 4.69) is 12.2 Å². The lowest BCUT2D eigenvalue weighted by Gasteiger charge is -2.37. The molecule has 1 atom stereocenters. The molecule has 0 aromatic heterocycles. The van der Waals surface area contributed by atoms with Crippen LogP contribution < -0.4 is 5.32 Å². The standard InChI is InChI=1S/C15H26N2O3/c1-15(6-2-3-7-15)14(20)17-8-4-5-12(11-17)9-16-10-13(18)19/h12,16H,2-11H2,1H3,(H,18,19). The highest BCUT2D eigenvalue weighted by Crippen LogP contribution is 2.39. The van der Waals surface area contributed by atoms with Gasteiger partial charge in [-0.15, -0.1) is 0 Å². The summed E-state index contributed by atoms with van der Waals surface area (Å²) < 4.78 is 0. The molecular formula is C15H26N2O3. The summed E-state index contributed by atoms with van der Waals surface area (Å²) in [5, 5.41) is 11.6. The maximum atomic E-state index is 12.7. The summed E-state index contributed by atoms with van der Waals surface area (Å²) in [5.74, 6) is -0.123. The minimum atomic E-state index is -0.827. The van der Waals surface area contributed by atoms with E-state index in [1.165, 1.54) is 12.8 Å². The number of carboxylic acid groups (broad SMARTS) is 1. The minimum Gasteiger partial charge on any atom is -0.480 e. The smallest absolute Gasteiger partial charge is 0.317 e. The van der Waals surface area contributed by atoms with Gasteiger partial charge in [-0.05, 0) is 31.6 Å².